The van der Waals surface area contributed by atoms with Crippen molar-refractivity contribution in [2.75, 3.05) is 0 Å². The first-order chi connectivity index (χ1) is 13.4. The highest BCUT2D eigenvalue weighted by atomic mass is 35.7. The lowest BCUT2D eigenvalue weighted by atomic mass is 9.77. The van der Waals surface area contributed by atoms with Crippen molar-refractivity contribution in [1.82, 2.24) is 9.55 Å². The third-order valence-electron chi connectivity index (χ3n) is 4.85. The minimum absolute atomic E-state index is 0.328. The molecule has 0 spiro atoms. The zero-order valence-corrected chi connectivity index (χ0v) is 16.6. The summed E-state index contributed by atoms with van der Waals surface area (Å²) in [5, 5.41) is 0. The molecule has 1 unspecified atom stereocenters. The smallest absolute Gasteiger partial charge is 0.121 e. The van der Waals surface area contributed by atoms with Crippen LogP contribution in [0.1, 0.15) is 22.4 Å². The molecule has 4 heteroatoms. The fraction of sp³-hybridized carbons (Fsp3) is 0.0870. The van der Waals surface area contributed by atoms with Crippen LogP contribution in [0.2, 0.25) is 0 Å². The summed E-state index contributed by atoms with van der Waals surface area (Å²) in [6, 6.07) is 31.8. The molecule has 27 heavy (non-hydrogen) atoms. The molecule has 1 heterocycles. The summed E-state index contributed by atoms with van der Waals surface area (Å²) in [4.78, 5) is 4.63. The van der Waals surface area contributed by atoms with Gasteiger partial charge in [0.2, 0.25) is 0 Å². The van der Waals surface area contributed by atoms with Crippen LogP contribution < -0.4 is 0 Å². The van der Waals surface area contributed by atoms with Gasteiger partial charge in [0.1, 0.15) is 5.54 Å². The monoisotopic (exact) mass is 390 g/mol. The second-order valence-electron chi connectivity index (χ2n) is 6.39. The lowest BCUT2D eigenvalue weighted by Crippen LogP contribution is -2.36. The van der Waals surface area contributed by atoms with E-state index in [2.05, 4.69) is 107 Å². The van der Waals surface area contributed by atoms with E-state index in [1.54, 1.807) is 0 Å². The molecule has 2 nitrogen and oxygen atoms in total. The Kier molecular flexibility index (Phi) is 5.38. The van der Waals surface area contributed by atoms with Gasteiger partial charge in [-0.05, 0) is 24.6 Å². The van der Waals surface area contributed by atoms with E-state index in [0.29, 0.717) is 7.93 Å². The van der Waals surface area contributed by atoms with Gasteiger partial charge in [-0.1, -0.05) is 102 Å². The average molecular weight is 391 g/mol. The standard InChI is InChI=1S/C23H20ClN2P/c24-27-17-22-16-26(18-25-22)23(19-10-4-1-5-11-19,20-12-6-2-7-13-20)21-14-8-3-9-15-21/h1-16,18,27H,17H2. The fourth-order valence-corrected chi connectivity index (χ4v) is 4.42. The fourth-order valence-electron chi connectivity index (χ4n) is 3.69. The van der Waals surface area contributed by atoms with Crippen LogP contribution in [-0.2, 0) is 11.7 Å². The molecule has 0 N–H and O–H groups in total. The van der Waals surface area contributed by atoms with E-state index in [1.807, 2.05) is 6.33 Å². The predicted octanol–water partition coefficient (Wildman–Crippen LogP) is 6.06. The molecule has 0 amide bonds. The van der Waals surface area contributed by atoms with Crippen molar-refractivity contribution in [3.63, 3.8) is 0 Å². The van der Waals surface area contributed by atoms with Gasteiger partial charge < -0.3 is 4.57 Å². The number of imidazole rings is 1. The third kappa shape index (κ3) is 3.32. The molecule has 1 atom stereocenters. The van der Waals surface area contributed by atoms with Crippen LogP contribution in [0.25, 0.3) is 0 Å². The lowest BCUT2D eigenvalue weighted by molar-refractivity contribution is 0.514. The van der Waals surface area contributed by atoms with Gasteiger partial charge in [-0.25, -0.2) is 4.98 Å². The maximum Gasteiger partial charge on any atom is 0.121 e. The van der Waals surface area contributed by atoms with E-state index in [1.165, 1.54) is 16.7 Å². The number of hydrogen-bond donors (Lipinski definition) is 0. The molecule has 4 aromatic rings. The van der Waals surface area contributed by atoms with Crippen molar-refractivity contribution in [2.24, 2.45) is 0 Å². The molecule has 0 aliphatic heterocycles. The van der Waals surface area contributed by atoms with Crippen molar-refractivity contribution in [3.05, 3.63) is 126 Å². The first-order valence-electron chi connectivity index (χ1n) is 8.89. The Morgan fingerprint density at radius 1 is 0.741 bits per heavy atom. The van der Waals surface area contributed by atoms with Crippen LogP contribution in [0, 0.1) is 0 Å². The molecule has 0 aliphatic carbocycles. The van der Waals surface area contributed by atoms with Crippen LogP contribution >= 0.6 is 19.2 Å². The number of nitrogens with zero attached hydrogens (tertiary/aromatic N) is 2. The van der Waals surface area contributed by atoms with Gasteiger partial charge in [0, 0.05) is 12.4 Å². The topological polar surface area (TPSA) is 17.8 Å². The molecular weight excluding hydrogens is 371 g/mol. The highest BCUT2D eigenvalue weighted by Crippen LogP contribution is 2.41. The maximum atomic E-state index is 5.99. The predicted molar refractivity (Wildman–Crippen MR) is 115 cm³/mol. The van der Waals surface area contributed by atoms with Crippen LogP contribution in [0.5, 0.6) is 0 Å². The molecule has 0 radical (unpaired) electrons. The Hall–Kier alpha value is -2.41. The number of hydrogen-bond acceptors (Lipinski definition) is 1. The Balaban J connectivity index is 2.06. The molecule has 0 saturated carbocycles. The van der Waals surface area contributed by atoms with Crippen molar-refractivity contribution >= 4 is 19.2 Å². The van der Waals surface area contributed by atoms with Gasteiger partial charge in [0.15, 0.2) is 0 Å². The largest absolute Gasteiger partial charge is 0.319 e. The summed E-state index contributed by atoms with van der Waals surface area (Å²) in [6.45, 7) is 0. The first kappa shape index (κ1) is 18.0. The van der Waals surface area contributed by atoms with E-state index in [0.717, 1.165) is 11.9 Å². The third-order valence-corrected chi connectivity index (χ3v) is 5.74. The van der Waals surface area contributed by atoms with Gasteiger partial charge in [0.05, 0.1) is 12.0 Å². The van der Waals surface area contributed by atoms with Gasteiger partial charge in [-0.15, -0.1) is 0 Å². The summed E-state index contributed by atoms with van der Waals surface area (Å²) >= 11 is 5.99. The van der Waals surface area contributed by atoms with Crippen LogP contribution in [-0.4, -0.2) is 9.55 Å². The van der Waals surface area contributed by atoms with Crippen molar-refractivity contribution in [1.29, 1.82) is 0 Å². The summed E-state index contributed by atoms with van der Waals surface area (Å²) in [6.07, 6.45) is 4.84. The Morgan fingerprint density at radius 2 is 1.19 bits per heavy atom. The maximum absolute atomic E-state index is 5.99. The second kappa shape index (κ2) is 8.08. The van der Waals surface area contributed by atoms with Gasteiger partial charge >= 0.3 is 0 Å². The van der Waals surface area contributed by atoms with Crippen molar-refractivity contribution < 1.29 is 0 Å². The second-order valence-corrected chi connectivity index (χ2v) is 7.81. The van der Waals surface area contributed by atoms with E-state index in [-0.39, 0.29) is 0 Å². The molecule has 3 aromatic carbocycles. The summed E-state index contributed by atoms with van der Waals surface area (Å²) in [5.74, 6) is 0. The SMILES string of the molecule is ClPCc1cn(C(c2ccccc2)(c2ccccc2)c2ccccc2)cn1. The van der Waals surface area contributed by atoms with Crippen LogP contribution in [0.15, 0.2) is 104 Å². The quantitative estimate of drug-likeness (QED) is 0.289. The van der Waals surface area contributed by atoms with E-state index in [4.69, 9.17) is 11.2 Å². The van der Waals surface area contributed by atoms with Gasteiger partial charge in [0.25, 0.3) is 0 Å². The van der Waals surface area contributed by atoms with Gasteiger partial charge in [-0.2, -0.15) is 0 Å². The molecule has 0 bridgehead atoms. The molecule has 0 saturated heterocycles. The van der Waals surface area contributed by atoms with E-state index < -0.39 is 5.54 Å². The zero-order chi connectivity index (χ0) is 18.5. The zero-order valence-electron chi connectivity index (χ0n) is 14.8. The van der Waals surface area contributed by atoms with Crippen LogP contribution in [0.3, 0.4) is 0 Å². The summed E-state index contributed by atoms with van der Waals surface area (Å²) < 4.78 is 2.22. The number of aromatic nitrogens is 2. The number of rotatable bonds is 6. The average Bonchev–Trinajstić information content (AvgIpc) is 3.20. The van der Waals surface area contributed by atoms with E-state index in [9.17, 15) is 0 Å². The highest BCUT2D eigenvalue weighted by molar-refractivity contribution is 7.67. The van der Waals surface area contributed by atoms with Gasteiger partial charge in [-0.3, -0.25) is 0 Å². The molecule has 4 rings (SSSR count). The minimum Gasteiger partial charge on any atom is -0.319 e. The molecule has 0 fully saturated rings. The number of halogens is 1. The van der Waals surface area contributed by atoms with Crippen LogP contribution in [0.4, 0.5) is 0 Å². The van der Waals surface area contributed by atoms with Crippen molar-refractivity contribution in [3.8, 4) is 0 Å². The first-order valence-corrected chi connectivity index (χ1v) is 11.1. The molecule has 0 aliphatic rings. The Labute approximate surface area is 166 Å². The van der Waals surface area contributed by atoms with E-state index >= 15 is 0 Å². The Morgan fingerprint density at radius 3 is 1.59 bits per heavy atom. The Bertz CT molecular complexity index is 888. The summed E-state index contributed by atoms with van der Waals surface area (Å²) in [7, 11) is 0.328. The molecule has 134 valence electrons. The highest BCUT2D eigenvalue weighted by Gasteiger charge is 2.38. The summed E-state index contributed by atoms with van der Waals surface area (Å²) in [5.41, 5.74) is 4.10. The molecular formula is C23H20ClN2P. The number of benzene rings is 3. The van der Waals surface area contributed by atoms with Crippen molar-refractivity contribution in [2.45, 2.75) is 11.7 Å². The minimum atomic E-state index is -0.496. The molecule has 1 aromatic heterocycles. The lowest BCUT2D eigenvalue weighted by Gasteiger charge is -2.37. The normalized spacial score (nSPS) is 11.9.